The van der Waals surface area contributed by atoms with Crippen molar-refractivity contribution in [2.75, 3.05) is 54.6 Å². The number of ether oxygens (including phenoxy) is 2. The van der Waals surface area contributed by atoms with E-state index in [1.807, 2.05) is 18.3 Å². The van der Waals surface area contributed by atoms with Crippen LogP contribution in [-0.2, 0) is 9.47 Å². The molecule has 6 rings (SSSR count). The van der Waals surface area contributed by atoms with Crippen LogP contribution in [0.15, 0.2) is 48.8 Å². The van der Waals surface area contributed by atoms with E-state index in [2.05, 4.69) is 56.3 Å². The number of aromatic nitrogens is 3. The van der Waals surface area contributed by atoms with Crippen molar-refractivity contribution in [1.82, 2.24) is 15.0 Å². The molecular weight excluding hydrogens is 416 g/mol. The summed E-state index contributed by atoms with van der Waals surface area (Å²) in [6.07, 6.45) is 5.19. The number of morpholine rings is 2. The Hall–Kier alpha value is -3.23. The van der Waals surface area contributed by atoms with Gasteiger partial charge in [0.25, 0.3) is 0 Å². The molecule has 1 N–H and O–H groups in total. The zero-order chi connectivity index (χ0) is 22.2. The van der Waals surface area contributed by atoms with Crippen LogP contribution in [0.5, 0.6) is 0 Å². The lowest BCUT2D eigenvalue weighted by Crippen LogP contribution is -2.37. The van der Waals surface area contributed by atoms with E-state index in [-0.39, 0.29) is 0 Å². The van der Waals surface area contributed by atoms with Crippen LogP contribution in [0.3, 0.4) is 0 Å². The van der Waals surface area contributed by atoms with Crippen molar-refractivity contribution in [2.45, 2.75) is 25.5 Å². The van der Waals surface area contributed by atoms with Crippen molar-refractivity contribution < 1.29 is 9.47 Å². The van der Waals surface area contributed by atoms with Crippen LogP contribution in [0.4, 0.5) is 23.1 Å². The van der Waals surface area contributed by atoms with Gasteiger partial charge in [-0.25, -0.2) is 15.0 Å². The second kappa shape index (κ2) is 8.61. The highest BCUT2D eigenvalue weighted by Crippen LogP contribution is 2.35. The van der Waals surface area contributed by atoms with Crippen molar-refractivity contribution in [3.05, 3.63) is 54.4 Å². The minimum absolute atomic E-state index is 0.390. The number of aryl methyl sites for hydroxylation is 1. The SMILES string of the molecule is Cc1cc(Nc2nccc(-c3ccc(N4CCOCC4)nc3)n2)ccc1N1CC2CC1CO2. The number of pyridine rings is 1. The molecule has 0 aliphatic carbocycles. The first-order chi connectivity index (χ1) is 16.2. The van der Waals surface area contributed by atoms with Crippen LogP contribution in [0, 0.1) is 6.92 Å². The van der Waals surface area contributed by atoms with Gasteiger partial charge in [0.15, 0.2) is 0 Å². The minimum atomic E-state index is 0.390. The Labute approximate surface area is 193 Å². The summed E-state index contributed by atoms with van der Waals surface area (Å²) < 4.78 is 11.2. The third-order valence-electron chi connectivity index (χ3n) is 6.70. The van der Waals surface area contributed by atoms with Gasteiger partial charge in [0.2, 0.25) is 5.95 Å². The van der Waals surface area contributed by atoms with Crippen molar-refractivity contribution in [2.24, 2.45) is 0 Å². The molecule has 5 heterocycles. The van der Waals surface area contributed by atoms with Crippen LogP contribution in [0.25, 0.3) is 11.3 Å². The zero-order valence-corrected chi connectivity index (χ0v) is 18.8. The van der Waals surface area contributed by atoms with E-state index in [1.165, 1.54) is 11.3 Å². The second-order valence-electron chi connectivity index (χ2n) is 8.89. The zero-order valence-electron chi connectivity index (χ0n) is 18.8. The third-order valence-corrected chi connectivity index (χ3v) is 6.70. The van der Waals surface area contributed by atoms with E-state index in [4.69, 9.17) is 14.5 Å². The Balaban J connectivity index is 1.17. The Morgan fingerprint density at radius 1 is 1.06 bits per heavy atom. The first-order valence-electron chi connectivity index (χ1n) is 11.6. The molecule has 3 aliphatic heterocycles. The van der Waals surface area contributed by atoms with Crippen molar-refractivity contribution in [3.8, 4) is 11.3 Å². The fraction of sp³-hybridized carbons (Fsp3) is 0.400. The largest absolute Gasteiger partial charge is 0.378 e. The van der Waals surface area contributed by atoms with Gasteiger partial charge in [-0.15, -0.1) is 0 Å². The Kier molecular flexibility index (Phi) is 5.32. The summed E-state index contributed by atoms with van der Waals surface area (Å²) in [5.74, 6) is 1.55. The molecule has 2 atom stereocenters. The molecule has 3 aliphatic rings. The van der Waals surface area contributed by atoms with Crippen molar-refractivity contribution >= 4 is 23.1 Å². The molecule has 0 saturated carbocycles. The summed E-state index contributed by atoms with van der Waals surface area (Å²) in [6.45, 7) is 7.23. The fourth-order valence-corrected chi connectivity index (χ4v) is 4.98. The molecule has 0 spiro atoms. The highest BCUT2D eigenvalue weighted by Gasteiger charge is 2.39. The van der Waals surface area contributed by atoms with Gasteiger partial charge in [0, 0.05) is 49.0 Å². The monoisotopic (exact) mass is 444 g/mol. The Bertz CT molecular complexity index is 1130. The van der Waals surface area contributed by atoms with Crippen LogP contribution in [-0.4, -0.2) is 66.6 Å². The van der Waals surface area contributed by atoms with E-state index in [9.17, 15) is 0 Å². The standard InChI is InChI=1S/C25H28N6O2/c1-17-12-19(3-4-23(17)31-15-21-13-20(31)16-33-21)28-25-26-7-6-22(29-25)18-2-5-24(27-14-18)30-8-10-32-11-9-30/h2-7,12,14,20-21H,8-11,13,15-16H2,1H3,(H,26,28,29). The molecule has 1 aromatic carbocycles. The molecule has 3 saturated heterocycles. The van der Waals surface area contributed by atoms with Crippen molar-refractivity contribution in [1.29, 1.82) is 0 Å². The van der Waals surface area contributed by atoms with Crippen LogP contribution in [0.2, 0.25) is 0 Å². The number of anilines is 4. The first-order valence-corrected chi connectivity index (χ1v) is 11.6. The maximum absolute atomic E-state index is 5.75. The van der Waals surface area contributed by atoms with Crippen LogP contribution in [0.1, 0.15) is 12.0 Å². The molecular formula is C25H28N6O2. The average Bonchev–Trinajstić information content (AvgIpc) is 3.49. The van der Waals surface area contributed by atoms with Gasteiger partial charge < -0.3 is 24.6 Å². The number of benzene rings is 1. The summed E-state index contributed by atoms with van der Waals surface area (Å²) in [7, 11) is 0. The van der Waals surface area contributed by atoms with Gasteiger partial charge in [0.1, 0.15) is 5.82 Å². The lowest BCUT2D eigenvalue weighted by Gasteiger charge is -2.30. The highest BCUT2D eigenvalue weighted by molar-refractivity contribution is 5.66. The molecule has 2 aromatic heterocycles. The quantitative estimate of drug-likeness (QED) is 0.642. The Morgan fingerprint density at radius 2 is 1.97 bits per heavy atom. The number of nitrogens with one attached hydrogen (secondary N) is 1. The van der Waals surface area contributed by atoms with E-state index in [1.54, 1.807) is 6.20 Å². The molecule has 2 unspecified atom stereocenters. The molecule has 0 radical (unpaired) electrons. The summed E-state index contributed by atoms with van der Waals surface area (Å²) >= 11 is 0. The number of fused-ring (bicyclic) bond motifs is 2. The lowest BCUT2D eigenvalue weighted by molar-refractivity contribution is 0.0991. The van der Waals surface area contributed by atoms with Crippen LogP contribution >= 0.6 is 0 Å². The summed E-state index contributed by atoms with van der Waals surface area (Å²) in [4.78, 5) is 18.5. The molecule has 33 heavy (non-hydrogen) atoms. The molecule has 8 heteroatoms. The number of hydrogen-bond acceptors (Lipinski definition) is 8. The molecule has 8 nitrogen and oxygen atoms in total. The van der Waals surface area contributed by atoms with E-state index >= 15 is 0 Å². The van der Waals surface area contributed by atoms with Gasteiger partial charge in [-0.2, -0.15) is 0 Å². The third kappa shape index (κ3) is 4.12. The topological polar surface area (TPSA) is 75.6 Å². The number of hydrogen-bond donors (Lipinski definition) is 1. The van der Waals surface area contributed by atoms with Gasteiger partial charge in [-0.1, -0.05) is 0 Å². The van der Waals surface area contributed by atoms with Crippen molar-refractivity contribution in [3.63, 3.8) is 0 Å². The maximum atomic E-state index is 5.75. The van der Waals surface area contributed by atoms with E-state index < -0.39 is 0 Å². The van der Waals surface area contributed by atoms with Gasteiger partial charge >= 0.3 is 0 Å². The fourth-order valence-electron chi connectivity index (χ4n) is 4.98. The minimum Gasteiger partial charge on any atom is -0.378 e. The first kappa shape index (κ1) is 20.4. The Morgan fingerprint density at radius 3 is 2.70 bits per heavy atom. The lowest BCUT2D eigenvalue weighted by atomic mass is 10.1. The van der Waals surface area contributed by atoms with Gasteiger partial charge in [0.05, 0.1) is 37.7 Å². The number of nitrogens with zero attached hydrogens (tertiary/aromatic N) is 5. The molecule has 3 fully saturated rings. The highest BCUT2D eigenvalue weighted by atomic mass is 16.5. The van der Waals surface area contributed by atoms with E-state index in [0.717, 1.165) is 68.6 Å². The predicted molar refractivity (Wildman–Crippen MR) is 128 cm³/mol. The van der Waals surface area contributed by atoms with Gasteiger partial charge in [-0.05, 0) is 55.3 Å². The summed E-state index contributed by atoms with van der Waals surface area (Å²) in [6, 6.07) is 13.0. The summed E-state index contributed by atoms with van der Waals surface area (Å²) in [5, 5.41) is 3.36. The molecule has 2 bridgehead atoms. The predicted octanol–water partition coefficient (Wildman–Crippen LogP) is 3.40. The molecule has 3 aromatic rings. The normalized spacial score (nSPS) is 22.1. The second-order valence-corrected chi connectivity index (χ2v) is 8.89. The molecule has 0 amide bonds. The molecule has 170 valence electrons. The average molecular weight is 445 g/mol. The van der Waals surface area contributed by atoms with Gasteiger partial charge in [-0.3, -0.25) is 0 Å². The maximum Gasteiger partial charge on any atom is 0.227 e. The van der Waals surface area contributed by atoms with Crippen LogP contribution < -0.4 is 15.1 Å². The summed E-state index contributed by atoms with van der Waals surface area (Å²) in [5.41, 5.74) is 5.32. The van der Waals surface area contributed by atoms with E-state index in [0.29, 0.717) is 18.1 Å². The number of rotatable bonds is 5. The smallest absolute Gasteiger partial charge is 0.227 e.